The topological polar surface area (TPSA) is 124 Å². The summed E-state index contributed by atoms with van der Waals surface area (Å²) in [6, 6.07) is 3.88. The van der Waals surface area contributed by atoms with Crippen LogP contribution in [0.15, 0.2) is 18.2 Å². The van der Waals surface area contributed by atoms with E-state index in [9.17, 15) is 14.9 Å². The van der Waals surface area contributed by atoms with E-state index in [1.54, 1.807) is 0 Å². The molecule has 7 heteroatoms. The molecule has 0 aliphatic heterocycles. The van der Waals surface area contributed by atoms with E-state index in [4.69, 9.17) is 11.5 Å². The number of nitrogens with two attached hydrogens (primary N) is 2. The number of carbonyl (C=O) groups is 1. The Kier molecular flexibility index (Phi) is 3.78. The number of nitrogens with zero attached hydrogens (tertiary/aromatic N) is 1. The van der Waals surface area contributed by atoms with Crippen molar-refractivity contribution in [2.45, 2.75) is 0 Å². The van der Waals surface area contributed by atoms with Crippen LogP contribution in [0.5, 0.6) is 0 Å². The molecule has 1 rings (SSSR count). The zero-order chi connectivity index (χ0) is 12.1. The molecule has 86 valence electrons. The van der Waals surface area contributed by atoms with Gasteiger partial charge in [0, 0.05) is 30.9 Å². The van der Waals surface area contributed by atoms with E-state index in [1.165, 1.54) is 12.1 Å². The maximum absolute atomic E-state index is 11.1. The van der Waals surface area contributed by atoms with Crippen LogP contribution in [0.25, 0.3) is 0 Å². The monoisotopic (exact) mass is 224 g/mol. The molecule has 0 aromatic heterocycles. The van der Waals surface area contributed by atoms with Gasteiger partial charge < -0.3 is 16.8 Å². The number of rotatable bonds is 5. The zero-order valence-electron chi connectivity index (χ0n) is 8.47. The molecule has 0 fully saturated rings. The highest BCUT2D eigenvalue weighted by molar-refractivity contribution is 5.99. The van der Waals surface area contributed by atoms with Gasteiger partial charge in [0.25, 0.3) is 11.6 Å². The molecule has 0 spiro atoms. The summed E-state index contributed by atoms with van der Waals surface area (Å²) in [6.07, 6.45) is 0. The van der Waals surface area contributed by atoms with Crippen molar-refractivity contribution in [1.29, 1.82) is 0 Å². The molecule has 16 heavy (non-hydrogen) atoms. The van der Waals surface area contributed by atoms with Crippen molar-refractivity contribution in [3.8, 4) is 0 Å². The number of hydrogen-bond acceptors (Lipinski definition) is 5. The highest BCUT2D eigenvalue weighted by Crippen LogP contribution is 2.21. The Labute approximate surface area is 91.6 Å². The summed E-state index contributed by atoms with van der Waals surface area (Å²) in [5.41, 5.74) is 10.8. The first kappa shape index (κ1) is 11.9. The van der Waals surface area contributed by atoms with Gasteiger partial charge in [-0.3, -0.25) is 14.9 Å². The van der Waals surface area contributed by atoms with Crippen LogP contribution < -0.4 is 16.8 Å². The number of nitrogens with one attached hydrogen (secondary N) is 1. The molecule has 0 aliphatic carbocycles. The number of nitro benzene ring substituents is 1. The fraction of sp³-hybridized carbons (Fsp3) is 0.222. The van der Waals surface area contributed by atoms with Crippen LogP contribution >= 0.6 is 0 Å². The van der Waals surface area contributed by atoms with Crippen molar-refractivity contribution >= 4 is 17.3 Å². The first-order valence-corrected chi connectivity index (χ1v) is 4.58. The molecular weight excluding hydrogens is 212 g/mol. The smallest absolute Gasteiger partial charge is 0.270 e. The van der Waals surface area contributed by atoms with Crippen LogP contribution in [0.4, 0.5) is 11.4 Å². The van der Waals surface area contributed by atoms with Gasteiger partial charge in [-0.1, -0.05) is 0 Å². The second-order valence-electron chi connectivity index (χ2n) is 3.07. The van der Waals surface area contributed by atoms with Gasteiger partial charge in [-0.15, -0.1) is 0 Å². The van der Waals surface area contributed by atoms with Crippen LogP contribution in [0, 0.1) is 10.1 Å². The fourth-order valence-corrected chi connectivity index (χ4v) is 1.21. The number of non-ortho nitro benzene ring substituents is 1. The number of benzene rings is 1. The SMILES string of the molecule is NCCNc1ccc([N+](=O)[O-])cc1C(N)=O. The van der Waals surface area contributed by atoms with Gasteiger partial charge in [0.1, 0.15) is 0 Å². The fourth-order valence-electron chi connectivity index (χ4n) is 1.21. The van der Waals surface area contributed by atoms with Crippen molar-refractivity contribution < 1.29 is 9.72 Å². The van der Waals surface area contributed by atoms with Gasteiger partial charge in [0.05, 0.1) is 10.5 Å². The van der Waals surface area contributed by atoms with Gasteiger partial charge >= 0.3 is 0 Å². The minimum atomic E-state index is -0.719. The molecule has 0 heterocycles. The van der Waals surface area contributed by atoms with E-state index in [0.717, 1.165) is 6.07 Å². The van der Waals surface area contributed by atoms with Crippen molar-refractivity contribution in [3.05, 3.63) is 33.9 Å². The van der Waals surface area contributed by atoms with Gasteiger partial charge in [0.2, 0.25) is 0 Å². The van der Waals surface area contributed by atoms with Crippen LogP contribution in [0.2, 0.25) is 0 Å². The average molecular weight is 224 g/mol. The van der Waals surface area contributed by atoms with Crippen LogP contribution in [0.1, 0.15) is 10.4 Å². The van der Waals surface area contributed by atoms with Crippen molar-refractivity contribution in [2.24, 2.45) is 11.5 Å². The second kappa shape index (κ2) is 5.08. The Bertz CT molecular complexity index is 419. The summed E-state index contributed by atoms with van der Waals surface area (Å²) in [6.45, 7) is 0.841. The Morgan fingerprint density at radius 1 is 1.50 bits per heavy atom. The van der Waals surface area contributed by atoms with Crippen LogP contribution in [0.3, 0.4) is 0 Å². The van der Waals surface area contributed by atoms with Gasteiger partial charge in [-0.05, 0) is 6.07 Å². The molecule has 0 saturated heterocycles. The molecule has 5 N–H and O–H groups in total. The molecule has 0 bridgehead atoms. The zero-order valence-corrected chi connectivity index (χ0v) is 8.47. The standard InChI is InChI=1S/C9H12N4O3/c10-3-4-12-8-2-1-6(13(15)16)5-7(8)9(11)14/h1-2,5,12H,3-4,10H2,(H2,11,14). The molecular formula is C9H12N4O3. The Balaban J connectivity index is 3.09. The number of anilines is 1. The molecule has 0 aliphatic rings. The van der Waals surface area contributed by atoms with Crippen LogP contribution in [-0.4, -0.2) is 23.9 Å². The second-order valence-corrected chi connectivity index (χ2v) is 3.07. The van der Waals surface area contributed by atoms with E-state index in [1.807, 2.05) is 0 Å². The Hall–Kier alpha value is -2.15. The number of amides is 1. The number of hydrogen-bond donors (Lipinski definition) is 3. The first-order chi connectivity index (χ1) is 7.56. The number of nitro groups is 1. The summed E-state index contributed by atoms with van der Waals surface area (Å²) in [7, 11) is 0. The molecule has 0 atom stereocenters. The minimum absolute atomic E-state index is 0.0858. The summed E-state index contributed by atoms with van der Waals surface area (Å²) in [5.74, 6) is -0.719. The lowest BCUT2D eigenvalue weighted by Crippen LogP contribution is -2.18. The number of primary amides is 1. The predicted octanol–water partition coefficient (Wildman–Crippen LogP) is 0.0643. The van der Waals surface area contributed by atoms with E-state index in [0.29, 0.717) is 18.8 Å². The third kappa shape index (κ3) is 2.67. The lowest BCUT2D eigenvalue weighted by molar-refractivity contribution is -0.384. The lowest BCUT2D eigenvalue weighted by atomic mass is 10.1. The van der Waals surface area contributed by atoms with Gasteiger partial charge in [0.15, 0.2) is 0 Å². The highest BCUT2D eigenvalue weighted by Gasteiger charge is 2.13. The quantitative estimate of drug-likeness (QED) is 0.482. The maximum Gasteiger partial charge on any atom is 0.270 e. The van der Waals surface area contributed by atoms with Crippen molar-refractivity contribution in [1.82, 2.24) is 0 Å². The largest absolute Gasteiger partial charge is 0.383 e. The van der Waals surface area contributed by atoms with Crippen molar-refractivity contribution in [3.63, 3.8) is 0 Å². The normalized spacial score (nSPS) is 9.81. The molecule has 0 radical (unpaired) electrons. The number of carbonyl (C=O) groups excluding carboxylic acids is 1. The van der Waals surface area contributed by atoms with E-state index < -0.39 is 10.8 Å². The van der Waals surface area contributed by atoms with Gasteiger partial charge in [-0.25, -0.2) is 0 Å². The molecule has 7 nitrogen and oxygen atoms in total. The predicted molar refractivity (Wildman–Crippen MR) is 59.2 cm³/mol. The Morgan fingerprint density at radius 3 is 2.69 bits per heavy atom. The minimum Gasteiger partial charge on any atom is -0.383 e. The summed E-state index contributed by atoms with van der Waals surface area (Å²) in [4.78, 5) is 21.0. The van der Waals surface area contributed by atoms with Crippen LogP contribution in [-0.2, 0) is 0 Å². The Morgan fingerprint density at radius 2 is 2.19 bits per heavy atom. The van der Waals surface area contributed by atoms with E-state index in [2.05, 4.69) is 5.32 Å². The summed E-state index contributed by atoms with van der Waals surface area (Å²) < 4.78 is 0. The highest BCUT2D eigenvalue weighted by atomic mass is 16.6. The maximum atomic E-state index is 11.1. The molecule has 0 unspecified atom stereocenters. The molecule has 1 aromatic carbocycles. The van der Waals surface area contributed by atoms with E-state index >= 15 is 0 Å². The average Bonchev–Trinajstić information content (AvgIpc) is 2.25. The van der Waals surface area contributed by atoms with Crippen molar-refractivity contribution in [2.75, 3.05) is 18.4 Å². The summed E-state index contributed by atoms with van der Waals surface area (Å²) >= 11 is 0. The molecule has 0 saturated carbocycles. The lowest BCUT2D eigenvalue weighted by Gasteiger charge is -2.08. The summed E-state index contributed by atoms with van der Waals surface area (Å²) in [5, 5.41) is 13.4. The van der Waals surface area contributed by atoms with Gasteiger partial charge in [-0.2, -0.15) is 0 Å². The first-order valence-electron chi connectivity index (χ1n) is 4.58. The third-order valence-electron chi connectivity index (χ3n) is 1.94. The van der Waals surface area contributed by atoms with E-state index in [-0.39, 0.29) is 11.3 Å². The third-order valence-corrected chi connectivity index (χ3v) is 1.94. The molecule has 1 aromatic rings. The molecule has 1 amide bonds.